The normalized spacial score (nSPS) is 14.1. The van der Waals surface area contributed by atoms with Crippen LogP contribution in [0.3, 0.4) is 0 Å². The topological polar surface area (TPSA) is 51.0 Å². The summed E-state index contributed by atoms with van der Waals surface area (Å²) in [5.41, 5.74) is 2.27. The summed E-state index contributed by atoms with van der Waals surface area (Å²) in [6, 6.07) is 8.13. The van der Waals surface area contributed by atoms with Crippen LogP contribution in [0.2, 0.25) is 0 Å². The zero-order valence-corrected chi connectivity index (χ0v) is 17.0. The number of guanidine groups is 1. The molecule has 0 fully saturated rings. The summed E-state index contributed by atoms with van der Waals surface area (Å²) in [5, 5.41) is 3.42. The van der Waals surface area contributed by atoms with Crippen molar-refractivity contribution in [3.63, 3.8) is 0 Å². The largest absolute Gasteiger partial charge is 0.490 e. The molecule has 0 saturated carbocycles. The minimum Gasteiger partial charge on any atom is -0.490 e. The monoisotopic (exact) mass is 420 g/mol. The third-order valence-electron chi connectivity index (χ3n) is 4.34. The standard InChI is InChI=1S/C19H25BrN4O2/c1-21-19(24(3)13-16-10-15(20)12-23(16)2)22-11-14-6-4-7-17-18(14)26-9-5-8-25-17/h4,6-7,10,12H,5,8-9,11,13H2,1-3H3,(H,21,22). The number of nitrogens with one attached hydrogen (secondary N) is 1. The van der Waals surface area contributed by atoms with Gasteiger partial charge >= 0.3 is 0 Å². The molecule has 2 aromatic rings. The lowest BCUT2D eigenvalue weighted by molar-refractivity contribution is 0.296. The van der Waals surface area contributed by atoms with Gasteiger partial charge in [0.1, 0.15) is 0 Å². The van der Waals surface area contributed by atoms with Gasteiger partial charge in [0.2, 0.25) is 0 Å². The molecule has 0 saturated heterocycles. The third-order valence-corrected chi connectivity index (χ3v) is 4.77. The summed E-state index contributed by atoms with van der Waals surface area (Å²) in [6.45, 7) is 2.76. The Bertz CT molecular complexity index is 788. The molecule has 26 heavy (non-hydrogen) atoms. The molecule has 1 aromatic carbocycles. The Labute approximate surface area is 162 Å². The van der Waals surface area contributed by atoms with Gasteiger partial charge in [-0.05, 0) is 28.1 Å². The van der Waals surface area contributed by atoms with Crippen LogP contribution in [0.15, 0.2) is 39.9 Å². The van der Waals surface area contributed by atoms with Crippen LogP contribution in [0.4, 0.5) is 0 Å². The summed E-state index contributed by atoms with van der Waals surface area (Å²) in [5.74, 6) is 2.48. The van der Waals surface area contributed by atoms with Crippen LogP contribution in [0.5, 0.6) is 11.5 Å². The number of para-hydroxylation sites is 1. The number of benzene rings is 1. The molecule has 0 atom stereocenters. The molecule has 2 heterocycles. The van der Waals surface area contributed by atoms with E-state index >= 15 is 0 Å². The smallest absolute Gasteiger partial charge is 0.194 e. The van der Waals surface area contributed by atoms with Crippen molar-refractivity contribution in [2.45, 2.75) is 19.5 Å². The quantitative estimate of drug-likeness (QED) is 0.609. The van der Waals surface area contributed by atoms with Crippen molar-refractivity contribution in [1.29, 1.82) is 0 Å². The molecule has 1 aromatic heterocycles. The fourth-order valence-corrected chi connectivity index (χ4v) is 3.56. The minimum absolute atomic E-state index is 0.625. The van der Waals surface area contributed by atoms with E-state index in [1.54, 1.807) is 7.05 Å². The first-order chi connectivity index (χ1) is 12.6. The average Bonchev–Trinajstić information content (AvgIpc) is 2.82. The maximum absolute atomic E-state index is 5.89. The molecule has 0 amide bonds. The fourth-order valence-electron chi connectivity index (χ4n) is 2.99. The molecule has 3 rings (SSSR count). The molecule has 1 aliphatic heterocycles. The van der Waals surface area contributed by atoms with Gasteiger partial charge in [0.05, 0.1) is 19.8 Å². The number of rotatable bonds is 4. The molecule has 0 unspecified atom stereocenters. The highest BCUT2D eigenvalue weighted by Crippen LogP contribution is 2.33. The second kappa shape index (κ2) is 8.49. The molecule has 1 N–H and O–H groups in total. The van der Waals surface area contributed by atoms with Crippen LogP contribution >= 0.6 is 15.9 Å². The van der Waals surface area contributed by atoms with E-state index in [0.29, 0.717) is 19.8 Å². The van der Waals surface area contributed by atoms with Gasteiger partial charge in [-0.3, -0.25) is 4.99 Å². The van der Waals surface area contributed by atoms with E-state index < -0.39 is 0 Å². The van der Waals surface area contributed by atoms with Crippen LogP contribution in [0.25, 0.3) is 0 Å². The maximum atomic E-state index is 5.89. The fraction of sp³-hybridized carbons (Fsp3) is 0.421. The Morgan fingerprint density at radius 3 is 2.88 bits per heavy atom. The van der Waals surface area contributed by atoms with E-state index in [2.05, 4.69) is 54.0 Å². The molecule has 0 radical (unpaired) electrons. The second-order valence-corrected chi connectivity index (χ2v) is 7.23. The van der Waals surface area contributed by atoms with E-state index in [1.165, 1.54) is 5.69 Å². The van der Waals surface area contributed by atoms with E-state index in [0.717, 1.165) is 40.5 Å². The van der Waals surface area contributed by atoms with Crippen LogP contribution in [-0.4, -0.2) is 42.7 Å². The van der Waals surface area contributed by atoms with E-state index in [1.807, 2.05) is 26.2 Å². The van der Waals surface area contributed by atoms with E-state index in [4.69, 9.17) is 9.47 Å². The number of aliphatic imine (C=N–C) groups is 1. The van der Waals surface area contributed by atoms with Gasteiger partial charge in [-0.2, -0.15) is 0 Å². The summed E-state index contributed by atoms with van der Waals surface area (Å²) >= 11 is 3.52. The summed E-state index contributed by atoms with van der Waals surface area (Å²) in [4.78, 5) is 6.50. The number of fused-ring (bicyclic) bond motifs is 1. The minimum atomic E-state index is 0.625. The number of hydrogen-bond donors (Lipinski definition) is 1. The number of ether oxygens (including phenoxy) is 2. The summed E-state index contributed by atoms with van der Waals surface area (Å²) in [7, 11) is 5.87. The van der Waals surface area contributed by atoms with Crippen LogP contribution in [0.1, 0.15) is 17.7 Å². The lowest BCUT2D eigenvalue weighted by Gasteiger charge is -2.23. The SMILES string of the molecule is CN=C(NCc1cccc2c1OCCCO2)N(C)Cc1cc(Br)cn1C. The van der Waals surface area contributed by atoms with Crippen molar-refractivity contribution in [2.75, 3.05) is 27.3 Å². The lowest BCUT2D eigenvalue weighted by Crippen LogP contribution is -2.38. The summed E-state index contributed by atoms with van der Waals surface area (Å²) in [6.07, 6.45) is 2.95. The third kappa shape index (κ3) is 4.33. The van der Waals surface area contributed by atoms with Gasteiger partial charge in [-0.15, -0.1) is 0 Å². The van der Waals surface area contributed by atoms with Crippen molar-refractivity contribution in [1.82, 2.24) is 14.8 Å². The lowest BCUT2D eigenvalue weighted by atomic mass is 10.2. The van der Waals surface area contributed by atoms with E-state index in [-0.39, 0.29) is 0 Å². The molecule has 6 nitrogen and oxygen atoms in total. The van der Waals surface area contributed by atoms with E-state index in [9.17, 15) is 0 Å². The Balaban J connectivity index is 1.67. The Morgan fingerprint density at radius 1 is 1.35 bits per heavy atom. The van der Waals surface area contributed by atoms with Gasteiger partial charge in [0.25, 0.3) is 0 Å². The number of aromatic nitrogens is 1. The first kappa shape index (κ1) is 18.6. The maximum Gasteiger partial charge on any atom is 0.194 e. The predicted octanol–water partition coefficient (Wildman–Crippen LogP) is 3.16. The van der Waals surface area contributed by atoms with Gasteiger partial charge in [0, 0.05) is 56.0 Å². The van der Waals surface area contributed by atoms with Crippen molar-refractivity contribution in [3.8, 4) is 11.5 Å². The molecule has 140 valence electrons. The Morgan fingerprint density at radius 2 is 2.15 bits per heavy atom. The second-order valence-electron chi connectivity index (χ2n) is 6.31. The van der Waals surface area contributed by atoms with Crippen LogP contribution < -0.4 is 14.8 Å². The number of aryl methyl sites for hydroxylation is 1. The van der Waals surface area contributed by atoms with Crippen LogP contribution in [0, 0.1) is 0 Å². The highest BCUT2D eigenvalue weighted by molar-refractivity contribution is 9.10. The van der Waals surface area contributed by atoms with Crippen LogP contribution in [-0.2, 0) is 20.1 Å². The average molecular weight is 421 g/mol. The Kier molecular flexibility index (Phi) is 6.08. The molecule has 7 heteroatoms. The van der Waals surface area contributed by atoms with Gasteiger partial charge in [-0.25, -0.2) is 0 Å². The van der Waals surface area contributed by atoms with Crippen molar-refractivity contribution in [2.24, 2.45) is 12.0 Å². The van der Waals surface area contributed by atoms with Gasteiger partial charge < -0.3 is 24.3 Å². The van der Waals surface area contributed by atoms with Crippen molar-refractivity contribution >= 4 is 21.9 Å². The molecular formula is C19H25BrN4O2. The van der Waals surface area contributed by atoms with Crippen molar-refractivity contribution < 1.29 is 9.47 Å². The molecular weight excluding hydrogens is 396 g/mol. The number of halogens is 1. The number of nitrogens with zero attached hydrogens (tertiary/aromatic N) is 3. The molecule has 1 aliphatic rings. The summed E-state index contributed by atoms with van der Waals surface area (Å²) < 4.78 is 14.8. The zero-order valence-electron chi connectivity index (χ0n) is 15.5. The predicted molar refractivity (Wildman–Crippen MR) is 107 cm³/mol. The zero-order chi connectivity index (χ0) is 18.5. The Hall–Kier alpha value is -2.15. The highest BCUT2D eigenvalue weighted by Gasteiger charge is 2.15. The molecule has 0 bridgehead atoms. The van der Waals surface area contributed by atoms with Gasteiger partial charge in [0.15, 0.2) is 17.5 Å². The number of hydrogen-bond acceptors (Lipinski definition) is 3. The first-order valence-corrected chi connectivity index (χ1v) is 9.48. The highest BCUT2D eigenvalue weighted by atomic mass is 79.9. The molecule has 0 spiro atoms. The van der Waals surface area contributed by atoms with Crippen molar-refractivity contribution in [3.05, 3.63) is 46.2 Å². The van der Waals surface area contributed by atoms with Gasteiger partial charge in [-0.1, -0.05) is 12.1 Å². The molecule has 0 aliphatic carbocycles. The first-order valence-electron chi connectivity index (χ1n) is 8.68.